The Bertz CT molecular complexity index is 638. The molecule has 6 nitrogen and oxygen atoms in total. The molecule has 2 aromatic rings. The second kappa shape index (κ2) is 7.12. The number of aldehydes is 1. The van der Waals surface area contributed by atoms with Gasteiger partial charge in [-0.15, -0.1) is 0 Å². The minimum Gasteiger partial charge on any atom is -0.508 e. The average molecular weight is 300 g/mol. The van der Waals surface area contributed by atoms with Gasteiger partial charge in [-0.1, -0.05) is 12.1 Å². The van der Waals surface area contributed by atoms with E-state index in [2.05, 4.69) is 10.6 Å². The van der Waals surface area contributed by atoms with Gasteiger partial charge >= 0.3 is 6.03 Å². The zero-order valence-corrected chi connectivity index (χ0v) is 11.9. The highest BCUT2D eigenvalue weighted by atomic mass is 16.5. The van der Waals surface area contributed by atoms with Crippen LogP contribution in [0.4, 0.5) is 10.5 Å². The van der Waals surface area contributed by atoms with E-state index in [4.69, 9.17) is 4.74 Å². The maximum absolute atomic E-state index is 11.9. The van der Waals surface area contributed by atoms with E-state index in [-0.39, 0.29) is 5.75 Å². The Balaban J connectivity index is 1.99. The van der Waals surface area contributed by atoms with Crippen LogP contribution in [-0.2, 0) is 4.79 Å². The highest BCUT2D eigenvalue weighted by molar-refractivity contribution is 5.91. The monoisotopic (exact) mass is 300 g/mol. The molecular weight excluding hydrogens is 284 g/mol. The lowest BCUT2D eigenvalue weighted by Crippen LogP contribution is -2.33. The third kappa shape index (κ3) is 3.99. The number of hydrogen-bond donors (Lipinski definition) is 3. The number of ether oxygens (including phenoxy) is 1. The molecule has 0 radical (unpaired) electrons. The third-order valence-electron chi connectivity index (χ3n) is 3.02. The van der Waals surface area contributed by atoms with Gasteiger partial charge in [0.2, 0.25) is 0 Å². The number of aromatic hydroxyl groups is 1. The van der Waals surface area contributed by atoms with Gasteiger partial charge in [-0.3, -0.25) is 0 Å². The quantitative estimate of drug-likeness (QED) is 0.740. The highest BCUT2D eigenvalue weighted by Crippen LogP contribution is 2.17. The van der Waals surface area contributed by atoms with Crippen molar-refractivity contribution in [1.29, 1.82) is 0 Å². The number of urea groups is 1. The van der Waals surface area contributed by atoms with Crippen LogP contribution in [0.2, 0.25) is 0 Å². The van der Waals surface area contributed by atoms with Gasteiger partial charge in [0, 0.05) is 5.69 Å². The molecule has 0 heterocycles. The minimum absolute atomic E-state index is 0.0936. The molecule has 6 heteroatoms. The number of benzene rings is 2. The smallest absolute Gasteiger partial charge is 0.320 e. The Morgan fingerprint density at radius 1 is 1.14 bits per heavy atom. The minimum atomic E-state index is -0.793. The van der Waals surface area contributed by atoms with Crippen LogP contribution in [0, 0.1) is 0 Å². The van der Waals surface area contributed by atoms with Crippen molar-refractivity contribution < 1.29 is 19.4 Å². The lowest BCUT2D eigenvalue weighted by Gasteiger charge is -2.14. The fraction of sp³-hybridized carbons (Fsp3) is 0.125. The lowest BCUT2D eigenvalue weighted by atomic mass is 10.1. The summed E-state index contributed by atoms with van der Waals surface area (Å²) in [6.07, 6.45) is 0.625. The van der Waals surface area contributed by atoms with Crippen molar-refractivity contribution in [2.24, 2.45) is 0 Å². The first-order valence-electron chi connectivity index (χ1n) is 6.58. The molecule has 2 aromatic carbocycles. The number of carbonyl (C=O) groups excluding carboxylic acids is 2. The molecule has 0 fully saturated rings. The second-order valence-corrected chi connectivity index (χ2v) is 4.53. The van der Waals surface area contributed by atoms with Crippen molar-refractivity contribution in [3.8, 4) is 11.5 Å². The summed E-state index contributed by atoms with van der Waals surface area (Å²) in [5, 5.41) is 14.4. The summed E-state index contributed by atoms with van der Waals surface area (Å²) in [6.45, 7) is 0. The van der Waals surface area contributed by atoms with Crippen LogP contribution in [0.25, 0.3) is 0 Å². The van der Waals surface area contributed by atoms with Gasteiger partial charge in [-0.2, -0.15) is 0 Å². The van der Waals surface area contributed by atoms with Crippen LogP contribution in [0.1, 0.15) is 11.6 Å². The van der Waals surface area contributed by atoms with Gasteiger partial charge in [0.1, 0.15) is 23.8 Å². The highest BCUT2D eigenvalue weighted by Gasteiger charge is 2.13. The van der Waals surface area contributed by atoms with Gasteiger partial charge in [0.25, 0.3) is 0 Å². The third-order valence-corrected chi connectivity index (χ3v) is 3.02. The summed E-state index contributed by atoms with van der Waals surface area (Å²) in [7, 11) is 1.56. The molecule has 0 bridgehead atoms. The van der Waals surface area contributed by atoms with Gasteiger partial charge in [0.15, 0.2) is 0 Å². The van der Waals surface area contributed by atoms with E-state index in [1.165, 1.54) is 12.1 Å². The topological polar surface area (TPSA) is 87.7 Å². The zero-order valence-electron chi connectivity index (χ0n) is 11.9. The fourth-order valence-electron chi connectivity index (χ4n) is 1.86. The molecule has 1 unspecified atom stereocenters. The number of anilines is 1. The Labute approximate surface area is 127 Å². The summed E-state index contributed by atoms with van der Waals surface area (Å²) in [5.41, 5.74) is 1.16. The maximum Gasteiger partial charge on any atom is 0.320 e. The first kappa shape index (κ1) is 15.4. The molecule has 3 N–H and O–H groups in total. The van der Waals surface area contributed by atoms with Crippen molar-refractivity contribution in [1.82, 2.24) is 5.32 Å². The Morgan fingerprint density at radius 3 is 2.32 bits per heavy atom. The van der Waals surface area contributed by atoms with E-state index in [1.807, 2.05) is 0 Å². The molecule has 2 rings (SSSR count). The number of phenolic OH excluding ortho intramolecular Hbond substituents is 1. The molecular formula is C16H16N2O4. The second-order valence-electron chi connectivity index (χ2n) is 4.53. The largest absolute Gasteiger partial charge is 0.508 e. The summed E-state index contributed by atoms with van der Waals surface area (Å²) in [5.74, 6) is 0.775. The predicted molar refractivity (Wildman–Crippen MR) is 82.1 cm³/mol. The molecule has 114 valence electrons. The average Bonchev–Trinajstić information content (AvgIpc) is 2.54. The first-order chi connectivity index (χ1) is 10.6. The molecule has 0 spiro atoms. The number of rotatable bonds is 5. The Kier molecular flexibility index (Phi) is 4.98. The summed E-state index contributed by atoms with van der Waals surface area (Å²) >= 11 is 0. The molecule has 1 atom stereocenters. The number of phenols is 1. The van der Waals surface area contributed by atoms with E-state index in [9.17, 15) is 14.7 Å². The molecule has 22 heavy (non-hydrogen) atoms. The van der Waals surface area contributed by atoms with Gasteiger partial charge in [0.05, 0.1) is 7.11 Å². The van der Waals surface area contributed by atoms with E-state index in [0.29, 0.717) is 23.3 Å². The maximum atomic E-state index is 11.9. The van der Waals surface area contributed by atoms with Gasteiger partial charge in [-0.25, -0.2) is 4.79 Å². The van der Waals surface area contributed by atoms with E-state index in [1.54, 1.807) is 43.5 Å². The predicted octanol–water partition coefficient (Wildman–Crippen LogP) is 2.46. The normalized spacial score (nSPS) is 11.3. The summed E-state index contributed by atoms with van der Waals surface area (Å²) in [4.78, 5) is 23.1. The van der Waals surface area contributed by atoms with Crippen LogP contribution >= 0.6 is 0 Å². The van der Waals surface area contributed by atoms with Gasteiger partial charge < -0.3 is 25.3 Å². The van der Waals surface area contributed by atoms with Crippen molar-refractivity contribution in [3.05, 3.63) is 54.1 Å². The number of amides is 2. The van der Waals surface area contributed by atoms with Crippen molar-refractivity contribution >= 4 is 18.0 Å². The first-order valence-corrected chi connectivity index (χ1v) is 6.58. The van der Waals surface area contributed by atoms with E-state index < -0.39 is 12.1 Å². The summed E-state index contributed by atoms with van der Waals surface area (Å²) in [6, 6.07) is 11.6. The van der Waals surface area contributed by atoms with Gasteiger partial charge in [-0.05, 0) is 42.0 Å². The molecule has 0 aliphatic rings. The van der Waals surface area contributed by atoms with Crippen LogP contribution in [0.5, 0.6) is 11.5 Å². The Hall–Kier alpha value is -3.02. The Morgan fingerprint density at radius 2 is 1.77 bits per heavy atom. The summed E-state index contributed by atoms with van der Waals surface area (Å²) < 4.78 is 5.03. The van der Waals surface area contributed by atoms with Crippen molar-refractivity contribution in [2.45, 2.75) is 6.04 Å². The van der Waals surface area contributed by atoms with Crippen LogP contribution < -0.4 is 15.4 Å². The molecule has 0 saturated carbocycles. The van der Waals surface area contributed by atoms with E-state index >= 15 is 0 Å². The van der Waals surface area contributed by atoms with Crippen molar-refractivity contribution in [2.75, 3.05) is 12.4 Å². The number of carbonyl (C=O) groups is 2. The molecule has 2 amide bonds. The molecule has 0 aliphatic heterocycles. The SMILES string of the molecule is COc1ccc(NC(=O)NC(C=O)c2ccc(O)cc2)cc1. The van der Waals surface area contributed by atoms with Crippen LogP contribution in [-0.4, -0.2) is 24.5 Å². The zero-order chi connectivity index (χ0) is 15.9. The number of methoxy groups -OCH3 is 1. The molecule has 0 aromatic heterocycles. The standard InChI is InChI=1S/C16H16N2O4/c1-22-14-8-4-12(5-9-14)17-16(21)18-15(10-19)11-2-6-13(20)7-3-11/h2-10,15,20H,1H3,(H2,17,18,21). The molecule has 0 saturated heterocycles. The number of hydrogen-bond acceptors (Lipinski definition) is 4. The lowest BCUT2D eigenvalue weighted by molar-refractivity contribution is -0.109. The molecule has 0 aliphatic carbocycles. The fourth-order valence-corrected chi connectivity index (χ4v) is 1.86. The number of nitrogens with one attached hydrogen (secondary N) is 2. The van der Waals surface area contributed by atoms with Crippen LogP contribution in [0.3, 0.4) is 0 Å². The van der Waals surface area contributed by atoms with Crippen LogP contribution in [0.15, 0.2) is 48.5 Å². The van der Waals surface area contributed by atoms with E-state index in [0.717, 1.165) is 0 Å². The van der Waals surface area contributed by atoms with Crippen molar-refractivity contribution in [3.63, 3.8) is 0 Å².